The fourth-order valence-corrected chi connectivity index (χ4v) is 8.48. The van der Waals surface area contributed by atoms with Gasteiger partial charge in [0.25, 0.3) is 0 Å². The Morgan fingerprint density at radius 1 is 1.33 bits per heavy atom. The number of hydrogen-bond donors (Lipinski definition) is 2. The predicted octanol–water partition coefficient (Wildman–Crippen LogP) is 2.77. The first-order valence-corrected chi connectivity index (χ1v) is 11.3. The highest BCUT2D eigenvalue weighted by molar-refractivity contribution is 7.99. The fourth-order valence-electron chi connectivity index (χ4n) is 1.17. The van der Waals surface area contributed by atoms with Crippen LogP contribution in [-0.2, 0) is 4.12 Å². The van der Waals surface area contributed by atoms with Crippen LogP contribution in [-0.4, -0.2) is 21.9 Å². The van der Waals surface area contributed by atoms with Gasteiger partial charge in [-0.3, -0.25) is 0 Å². The third-order valence-electron chi connectivity index (χ3n) is 1.56. The molecule has 0 bridgehead atoms. The molecule has 5 heteroatoms. The summed E-state index contributed by atoms with van der Waals surface area (Å²) in [6.07, 6.45) is 1.06. The van der Waals surface area contributed by atoms with Gasteiger partial charge in [-0.15, -0.1) is 0 Å². The molecule has 0 unspecified atom stereocenters. The molecule has 0 spiro atoms. The van der Waals surface area contributed by atoms with Gasteiger partial charge in [0.15, 0.2) is 17.4 Å². The highest BCUT2D eigenvalue weighted by Gasteiger charge is 2.23. The van der Waals surface area contributed by atoms with E-state index in [1.54, 1.807) is 0 Å². The smallest absolute Gasteiger partial charge is 0.173 e. The normalized spacial score (nSPS) is 13.0. The average Bonchev–Trinajstić information content (AvgIpc) is 1.81. The van der Waals surface area contributed by atoms with Crippen molar-refractivity contribution in [2.24, 2.45) is 0 Å². The van der Waals surface area contributed by atoms with Gasteiger partial charge in [-0.1, -0.05) is 0 Å². The molecule has 12 heavy (non-hydrogen) atoms. The Morgan fingerprint density at radius 2 is 1.83 bits per heavy atom. The first kappa shape index (κ1) is 13.1. The van der Waals surface area contributed by atoms with Crippen LogP contribution in [0.25, 0.3) is 0 Å². The van der Waals surface area contributed by atoms with Crippen molar-refractivity contribution in [2.75, 3.05) is 0 Å². The van der Waals surface area contributed by atoms with E-state index in [9.17, 15) is 0 Å². The summed E-state index contributed by atoms with van der Waals surface area (Å²) < 4.78 is 6.21. The molecular weight excluding hydrogens is 220 g/mol. The Hall–Kier alpha value is 1.09. The largest absolute Gasteiger partial charge is 0.458 e. The van der Waals surface area contributed by atoms with Gasteiger partial charge in [-0.2, -0.15) is 25.3 Å². The van der Waals surface area contributed by atoms with Gasteiger partial charge in [-0.25, -0.2) is 0 Å². The molecule has 0 fully saturated rings. The molecule has 0 aliphatic carbocycles. The molecule has 0 heterocycles. The topological polar surface area (TPSA) is 9.23 Å². The van der Waals surface area contributed by atoms with Gasteiger partial charge in [-0.05, 0) is 38.7 Å². The summed E-state index contributed by atoms with van der Waals surface area (Å²) >= 11 is 8.49. The van der Waals surface area contributed by atoms with Gasteiger partial charge in [0, 0.05) is 4.58 Å². The number of thiol groups is 2. The van der Waals surface area contributed by atoms with Crippen molar-refractivity contribution in [3.63, 3.8) is 0 Å². The molecule has 0 aromatic rings. The molecule has 0 saturated carbocycles. The van der Waals surface area contributed by atoms with Crippen molar-refractivity contribution in [1.29, 1.82) is 0 Å². The van der Waals surface area contributed by atoms with Crippen LogP contribution in [0.2, 0.25) is 32.2 Å². The Balaban J connectivity index is 3.71. The first-order chi connectivity index (χ1) is 5.33. The van der Waals surface area contributed by atoms with Crippen molar-refractivity contribution >= 4 is 42.6 Å². The number of hydrogen-bond acceptors (Lipinski definition) is 3. The highest BCUT2D eigenvalue weighted by atomic mass is 32.2. The summed E-state index contributed by atoms with van der Waals surface area (Å²) in [6, 6.07) is 1.18. The van der Waals surface area contributed by atoms with E-state index in [1.165, 1.54) is 6.04 Å². The lowest BCUT2D eigenvalue weighted by molar-refractivity contribution is 0.568. The molecule has 0 saturated heterocycles. The lowest BCUT2D eigenvalue weighted by atomic mass is 10.6. The molecule has 0 aliphatic heterocycles. The summed E-state index contributed by atoms with van der Waals surface area (Å²) in [6.45, 7) is 9.02. The van der Waals surface area contributed by atoms with E-state index in [4.69, 9.17) is 4.12 Å². The SMILES string of the molecule is C[SiH](C)O[Si](C)(C)CCC(S)S. The summed E-state index contributed by atoms with van der Waals surface area (Å²) in [5, 5.41) is 0. The minimum absolute atomic E-state index is 0.217. The quantitative estimate of drug-likeness (QED) is 0.427. The zero-order chi connectivity index (χ0) is 9.78. The van der Waals surface area contributed by atoms with Gasteiger partial charge in [0.2, 0.25) is 0 Å². The molecule has 0 aliphatic rings. The van der Waals surface area contributed by atoms with Crippen LogP contribution in [0, 0.1) is 0 Å². The van der Waals surface area contributed by atoms with E-state index in [0.29, 0.717) is 0 Å². The fraction of sp³-hybridized carbons (Fsp3) is 1.00. The van der Waals surface area contributed by atoms with Crippen LogP contribution >= 0.6 is 25.3 Å². The van der Waals surface area contributed by atoms with Gasteiger partial charge < -0.3 is 4.12 Å². The molecule has 74 valence electrons. The average molecular weight is 241 g/mol. The monoisotopic (exact) mass is 240 g/mol. The maximum Gasteiger partial charge on any atom is 0.173 e. The third kappa shape index (κ3) is 7.73. The van der Waals surface area contributed by atoms with Crippen LogP contribution in [0.4, 0.5) is 0 Å². The van der Waals surface area contributed by atoms with Crippen LogP contribution < -0.4 is 0 Å². The second-order valence-electron chi connectivity index (χ2n) is 3.95. The van der Waals surface area contributed by atoms with E-state index >= 15 is 0 Å². The summed E-state index contributed by atoms with van der Waals surface area (Å²) in [7, 11) is -2.21. The molecule has 0 aromatic carbocycles. The number of rotatable bonds is 5. The lowest BCUT2D eigenvalue weighted by Gasteiger charge is -2.26. The summed E-state index contributed by atoms with van der Waals surface area (Å²) in [5.41, 5.74) is 0. The van der Waals surface area contributed by atoms with Gasteiger partial charge >= 0.3 is 0 Å². The lowest BCUT2D eigenvalue weighted by Crippen LogP contribution is -2.35. The maximum atomic E-state index is 6.00. The predicted molar refractivity (Wildman–Crippen MR) is 68.6 cm³/mol. The van der Waals surface area contributed by atoms with E-state index in [-0.39, 0.29) is 4.58 Å². The molecule has 1 nitrogen and oxygen atoms in total. The van der Waals surface area contributed by atoms with Crippen molar-refractivity contribution < 1.29 is 4.12 Å². The Morgan fingerprint density at radius 3 is 2.17 bits per heavy atom. The molecule has 0 rings (SSSR count). The molecule has 0 amide bonds. The van der Waals surface area contributed by atoms with Crippen molar-refractivity contribution in [1.82, 2.24) is 0 Å². The first-order valence-electron chi connectivity index (χ1n) is 4.37. The van der Waals surface area contributed by atoms with Crippen molar-refractivity contribution in [2.45, 2.75) is 43.2 Å². The van der Waals surface area contributed by atoms with Crippen LogP contribution in [0.5, 0.6) is 0 Å². The van der Waals surface area contributed by atoms with Crippen LogP contribution in [0.3, 0.4) is 0 Å². The van der Waals surface area contributed by atoms with Gasteiger partial charge in [0.1, 0.15) is 0 Å². The van der Waals surface area contributed by atoms with Crippen LogP contribution in [0.15, 0.2) is 0 Å². The Labute approximate surface area is 90.0 Å². The minimum atomic E-state index is -1.37. The maximum absolute atomic E-state index is 6.00. The Kier molecular flexibility index (Phi) is 6.27. The van der Waals surface area contributed by atoms with E-state index in [1.807, 2.05) is 0 Å². The van der Waals surface area contributed by atoms with Crippen molar-refractivity contribution in [3.8, 4) is 0 Å². The highest BCUT2D eigenvalue weighted by Crippen LogP contribution is 2.19. The second-order valence-corrected chi connectivity index (χ2v) is 12.7. The third-order valence-corrected chi connectivity index (χ3v) is 8.01. The van der Waals surface area contributed by atoms with E-state index < -0.39 is 17.4 Å². The molecule has 0 aromatic heterocycles. The standard InChI is InChI=1S/C7H20OS2Si2/c1-11(2)8-12(3,4)6-5-7(9)10/h7,9-11H,5-6H2,1-4H3. The Bertz CT molecular complexity index is 129. The second kappa shape index (κ2) is 5.75. The zero-order valence-electron chi connectivity index (χ0n) is 8.37. The molecule has 0 N–H and O–H groups in total. The minimum Gasteiger partial charge on any atom is -0.458 e. The van der Waals surface area contributed by atoms with Crippen molar-refractivity contribution in [3.05, 3.63) is 0 Å². The zero-order valence-corrected chi connectivity index (χ0v) is 12.3. The van der Waals surface area contributed by atoms with Gasteiger partial charge in [0.05, 0.1) is 0 Å². The van der Waals surface area contributed by atoms with E-state index in [2.05, 4.69) is 51.4 Å². The summed E-state index contributed by atoms with van der Waals surface area (Å²) in [5.74, 6) is 0. The van der Waals surface area contributed by atoms with Crippen LogP contribution in [0.1, 0.15) is 6.42 Å². The molecular formula is C7H20OS2Si2. The summed E-state index contributed by atoms with van der Waals surface area (Å²) in [4.78, 5) is 0. The van der Waals surface area contributed by atoms with E-state index in [0.717, 1.165) is 6.42 Å². The molecule has 0 radical (unpaired) electrons. The molecule has 0 atom stereocenters.